The van der Waals surface area contributed by atoms with Crippen LogP contribution >= 0.6 is 0 Å². The molecule has 0 aromatic carbocycles. The summed E-state index contributed by atoms with van der Waals surface area (Å²) < 4.78 is 5.42. The van der Waals surface area contributed by atoms with Gasteiger partial charge in [-0.1, -0.05) is 104 Å². The summed E-state index contributed by atoms with van der Waals surface area (Å²) in [5, 5.41) is 0. The van der Waals surface area contributed by atoms with Crippen LogP contribution in [0.25, 0.3) is 0 Å². The summed E-state index contributed by atoms with van der Waals surface area (Å²) in [4.78, 5) is 11.6. The van der Waals surface area contributed by atoms with Gasteiger partial charge < -0.3 is 10.5 Å². The van der Waals surface area contributed by atoms with Crippen molar-refractivity contribution in [3.05, 3.63) is 0 Å². The Labute approximate surface area is 163 Å². The van der Waals surface area contributed by atoms with Crippen LogP contribution in [-0.4, -0.2) is 18.6 Å². The van der Waals surface area contributed by atoms with Crippen molar-refractivity contribution in [1.82, 2.24) is 0 Å². The molecule has 0 amide bonds. The second-order valence-electron chi connectivity index (χ2n) is 8.10. The molecule has 0 aliphatic heterocycles. The first-order valence-corrected chi connectivity index (χ1v) is 11.5. The first-order valence-electron chi connectivity index (χ1n) is 11.5. The Balaban J connectivity index is 3.90. The van der Waals surface area contributed by atoms with Crippen molar-refractivity contribution in [2.45, 2.75) is 130 Å². The van der Waals surface area contributed by atoms with E-state index in [1.807, 2.05) is 0 Å². The van der Waals surface area contributed by atoms with E-state index in [4.69, 9.17) is 10.5 Å². The van der Waals surface area contributed by atoms with Crippen molar-refractivity contribution in [3.63, 3.8) is 0 Å². The number of ether oxygens (including phenoxy) is 1. The average Bonchev–Trinajstić information content (AvgIpc) is 2.63. The van der Waals surface area contributed by atoms with E-state index in [1.54, 1.807) is 6.92 Å². The zero-order chi connectivity index (χ0) is 19.5. The van der Waals surface area contributed by atoms with E-state index in [2.05, 4.69) is 13.8 Å². The third kappa shape index (κ3) is 16.9. The van der Waals surface area contributed by atoms with Crippen molar-refractivity contribution in [2.24, 2.45) is 11.7 Å². The lowest BCUT2D eigenvalue weighted by Gasteiger charge is -2.18. The van der Waals surface area contributed by atoms with Crippen molar-refractivity contribution >= 4 is 5.97 Å². The van der Waals surface area contributed by atoms with E-state index in [-0.39, 0.29) is 5.97 Å². The zero-order valence-corrected chi connectivity index (χ0v) is 18.1. The molecule has 2 atom stereocenters. The topological polar surface area (TPSA) is 52.3 Å². The maximum Gasteiger partial charge on any atom is 0.322 e. The molecule has 0 aliphatic rings. The molecule has 0 fully saturated rings. The molecule has 0 saturated carbocycles. The summed E-state index contributed by atoms with van der Waals surface area (Å²) in [6.45, 7) is 6.78. The number of nitrogens with two attached hydrogens (primary N) is 1. The van der Waals surface area contributed by atoms with Crippen LogP contribution in [0, 0.1) is 5.92 Å². The Morgan fingerprint density at radius 3 is 1.50 bits per heavy atom. The van der Waals surface area contributed by atoms with Gasteiger partial charge in [0.05, 0.1) is 6.61 Å². The van der Waals surface area contributed by atoms with Crippen molar-refractivity contribution in [1.29, 1.82) is 0 Å². The second kappa shape index (κ2) is 19.2. The highest BCUT2D eigenvalue weighted by molar-refractivity contribution is 5.74. The molecule has 0 bridgehead atoms. The summed E-state index contributed by atoms with van der Waals surface area (Å²) in [5.74, 6) is 0.262. The number of hydrogen-bond acceptors (Lipinski definition) is 3. The quantitative estimate of drug-likeness (QED) is 0.202. The molecule has 0 spiro atoms. The highest BCUT2D eigenvalue weighted by Gasteiger charge is 2.14. The van der Waals surface area contributed by atoms with Crippen LogP contribution in [-0.2, 0) is 9.53 Å². The molecular formula is C23H47NO2. The first kappa shape index (κ1) is 25.4. The lowest BCUT2D eigenvalue weighted by Crippen LogP contribution is -2.30. The molecule has 3 heteroatoms. The fourth-order valence-electron chi connectivity index (χ4n) is 3.42. The largest absolute Gasteiger partial charge is 0.464 e. The second-order valence-corrected chi connectivity index (χ2v) is 8.10. The summed E-state index contributed by atoms with van der Waals surface area (Å²) in [6, 6.07) is -0.507. The molecule has 26 heavy (non-hydrogen) atoms. The molecule has 2 N–H and O–H groups in total. The predicted octanol–water partition coefficient (Wildman–Crippen LogP) is 6.77. The first-order chi connectivity index (χ1) is 12.6. The van der Waals surface area contributed by atoms with Crippen LogP contribution in [0.3, 0.4) is 0 Å². The monoisotopic (exact) mass is 369 g/mol. The van der Waals surface area contributed by atoms with Crippen LogP contribution in [0.1, 0.15) is 124 Å². The van der Waals surface area contributed by atoms with Gasteiger partial charge in [-0.05, 0) is 25.7 Å². The van der Waals surface area contributed by atoms with E-state index in [0.29, 0.717) is 12.5 Å². The normalized spacial score (nSPS) is 13.5. The molecule has 0 aromatic rings. The van der Waals surface area contributed by atoms with Gasteiger partial charge in [0.15, 0.2) is 0 Å². The summed E-state index contributed by atoms with van der Waals surface area (Å²) >= 11 is 0. The van der Waals surface area contributed by atoms with Crippen molar-refractivity contribution in [3.8, 4) is 0 Å². The fourth-order valence-corrected chi connectivity index (χ4v) is 3.42. The van der Waals surface area contributed by atoms with E-state index in [1.165, 1.54) is 103 Å². The summed E-state index contributed by atoms with van der Waals surface area (Å²) in [7, 11) is 0. The van der Waals surface area contributed by atoms with Crippen LogP contribution in [0.5, 0.6) is 0 Å². The van der Waals surface area contributed by atoms with E-state index < -0.39 is 6.04 Å². The number of unbranched alkanes of at least 4 members (excludes halogenated alkanes) is 12. The van der Waals surface area contributed by atoms with Gasteiger partial charge >= 0.3 is 5.97 Å². The highest BCUT2D eigenvalue weighted by Crippen LogP contribution is 2.20. The Hall–Kier alpha value is -0.570. The van der Waals surface area contributed by atoms with Crippen LogP contribution in [0.15, 0.2) is 0 Å². The summed E-state index contributed by atoms with van der Waals surface area (Å²) in [6.07, 6.45) is 21.1. The summed E-state index contributed by atoms with van der Waals surface area (Å²) in [5.41, 5.74) is 5.61. The SMILES string of the molecule is CCCCCCCCCCC(CCCCCCCC)COC(=O)C(C)N. The minimum Gasteiger partial charge on any atom is -0.464 e. The van der Waals surface area contributed by atoms with Gasteiger partial charge in [-0.3, -0.25) is 4.79 Å². The number of esters is 1. The zero-order valence-electron chi connectivity index (χ0n) is 18.1. The van der Waals surface area contributed by atoms with E-state index in [0.717, 1.165) is 0 Å². The minimum absolute atomic E-state index is 0.256. The number of hydrogen-bond donors (Lipinski definition) is 1. The van der Waals surface area contributed by atoms with Gasteiger partial charge in [0.1, 0.15) is 6.04 Å². The molecule has 0 rings (SSSR count). The molecule has 0 aromatic heterocycles. The van der Waals surface area contributed by atoms with Gasteiger partial charge in [0, 0.05) is 0 Å². The van der Waals surface area contributed by atoms with Gasteiger partial charge in [-0.2, -0.15) is 0 Å². The van der Waals surface area contributed by atoms with Crippen LogP contribution < -0.4 is 5.73 Å². The average molecular weight is 370 g/mol. The van der Waals surface area contributed by atoms with Gasteiger partial charge in [0.25, 0.3) is 0 Å². The van der Waals surface area contributed by atoms with Crippen LogP contribution in [0.4, 0.5) is 0 Å². The Bertz CT molecular complexity index is 305. The van der Waals surface area contributed by atoms with Crippen molar-refractivity contribution < 1.29 is 9.53 Å². The minimum atomic E-state index is -0.507. The van der Waals surface area contributed by atoms with E-state index >= 15 is 0 Å². The highest BCUT2D eigenvalue weighted by atomic mass is 16.5. The molecule has 2 unspecified atom stereocenters. The maximum atomic E-state index is 11.6. The standard InChI is InChI=1S/C23H47NO2/c1-4-6-8-10-12-13-15-17-19-22(20-26-23(25)21(3)24)18-16-14-11-9-7-5-2/h21-22H,4-20,24H2,1-3H3. The van der Waals surface area contributed by atoms with Gasteiger partial charge in [-0.25, -0.2) is 0 Å². The Kier molecular flexibility index (Phi) is 18.8. The maximum absolute atomic E-state index is 11.6. The molecule has 156 valence electrons. The third-order valence-electron chi connectivity index (χ3n) is 5.26. The number of rotatable bonds is 19. The molecule has 0 aliphatic carbocycles. The number of carbonyl (C=O) groups excluding carboxylic acids is 1. The molecule has 0 saturated heterocycles. The molecule has 3 nitrogen and oxygen atoms in total. The lowest BCUT2D eigenvalue weighted by molar-refractivity contribution is -0.146. The predicted molar refractivity (Wildman–Crippen MR) is 113 cm³/mol. The fraction of sp³-hybridized carbons (Fsp3) is 0.957. The molecule has 0 radical (unpaired) electrons. The number of carbonyl (C=O) groups is 1. The van der Waals surface area contributed by atoms with E-state index in [9.17, 15) is 4.79 Å². The van der Waals surface area contributed by atoms with Crippen molar-refractivity contribution in [2.75, 3.05) is 6.61 Å². The molecule has 0 heterocycles. The third-order valence-corrected chi connectivity index (χ3v) is 5.26. The Morgan fingerprint density at radius 2 is 1.12 bits per heavy atom. The molecular weight excluding hydrogens is 322 g/mol. The van der Waals surface area contributed by atoms with Gasteiger partial charge in [0.2, 0.25) is 0 Å². The Morgan fingerprint density at radius 1 is 0.731 bits per heavy atom. The smallest absolute Gasteiger partial charge is 0.322 e. The van der Waals surface area contributed by atoms with Gasteiger partial charge in [-0.15, -0.1) is 0 Å². The van der Waals surface area contributed by atoms with Crippen LogP contribution in [0.2, 0.25) is 0 Å². The lowest BCUT2D eigenvalue weighted by atomic mass is 9.94.